The van der Waals surface area contributed by atoms with Crippen LogP contribution in [0.25, 0.3) is 0 Å². The van der Waals surface area contributed by atoms with E-state index in [1.54, 1.807) is 0 Å². The highest BCUT2D eigenvalue weighted by Crippen LogP contribution is 2.36. The van der Waals surface area contributed by atoms with E-state index in [9.17, 15) is 19.2 Å². The number of hydrogen-bond donors (Lipinski definition) is 3. The molecule has 0 radical (unpaired) electrons. The van der Waals surface area contributed by atoms with E-state index in [1.165, 1.54) is 20.9 Å². The van der Waals surface area contributed by atoms with Gasteiger partial charge < -0.3 is 21.1 Å². The number of carbonyl (C=O) groups excluding carboxylic acids is 3. The van der Waals surface area contributed by atoms with Crippen LogP contribution in [0.1, 0.15) is 34.6 Å². The number of likely N-dealkylation sites (N-methyl/N-ethyl adjacent to an activating group) is 1. The molecule has 3 amide bonds. The third-order valence-corrected chi connectivity index (χ3v) is 6.57. The van der Waals surface area contributed by atoms with Crippen molar-refractivity contribution in [2.75, 3.05) is 12.4 Å². The second kappa shape index (κ2) is 8.79. The number of anilines is 1. The lowest BCUT2D eigenvalue weighted by molar-refractivity contribution is -0.141. The number of nitrogens with zero attached hydrogens (tertiary/aromatic N) is 1. The third kappa shape index (κ3) is 4.72. The number of hydrogen-bond acceptors (Lipinski definition) is 4. The van der Waals surface area contributed by atoms with Gasteiger partial charge in [0.1, 0.15) is 6.04 Å². The first-order valence-corrected chi connectivity index (χ1v) is 9.93. The Kier molecular flexibility index (Phi) is 7.85. The van der Waals surface area contributed by atoms with Crippen LogP contribution < -0.4 is 11.1 Å². The minimum atomic E-state index is -1.16. The number of benzene rings is 1. The number of rotatable bonds is 5. The van der Waals surface area contributed by atoms with E-state index in [-0.39, 0.29) is 17.0 Å². The van der Waals surface area contributed by atoms with Crippen LogP contribution in [0.5, 0.6) is 0 Å². The molecule has 0 heterocycles. The first kappa shape index (κ1) is 22.3. The summed E-state index contributed by atoms with van der Waals surface area (Å²) in [7, 11) is 1.35. The average Bonchev–Trinajstić information content (AvgIpc) is 2.49. The van der Waals surface area contributed by atoms with Gasteiger partial charge in [0.25, 0.3) is 11.8 Å². The van der Waals surface area contributed by atoms with Crippen molar-refractivity contribution in [1.82, 2.24) is 4.90 Å². The normalized spacial score (nSPS) is 11.6. The van der Waals surface area contributed by atoms with Crippen molar-refractivity contribution in [3.8, 4) is 0 Å². The molecular weight excluding hydrogens is 671 g/mol. The Morgan fingerprint density at radius 2 is 1.56 bits per heavy atom. The minimum Gasteiger partial charge on any atom is -0.480 e. The summed E-state index contributed by atoms with van der Waals surface area (Å²) in [4.78, 5) is 48.4. The molecule has 11 heteroatoms. The number of carboxylic acid groups (broad SMARTS) is 1. The van der Waals surface area contributed by atoms with Crippen molar-refractivity contribution in [2.45, 2.75) is 19.9 Å². The maximum absolute atomic E-state index is 12.8. The summed E-state index contributed by atoms with van der Waals surface area (Å²) in [5.74, 6) is -2.88. The van der Waals surface area contributed by atoms with E-state index >= 15 is 0 Å². The number of halogens is 3. The lowest BCUT2D eigenvalue weighted by Crippen LogP contribution is -2.41. The predicted molar refractivity (Wildman–Crippen MR) is 117 cm³/mol. The van der Waals surface area contributed by atoms with Gasteiger partial charge in [0.05, 0.1) is 24.0 Å². The quantitative estimate of drug-likeness (QED) is 0.410. The van der Waals surface area contributed by atoms with Gasteiger partial charge in [-0.3, -0.25) is 14.4 Å². The monoisotopic (exact) mass is 685 g/mol. The van der Waals surface area contributed by atoms with Crippen LogP contribution in [0, 0.1) is 10.7 Å². The third-order valence-electron chi connectivity index (χ3n) is 3.34. The molecule has 25 heavy (non-hydrogen) atoms. The van der Waals surface area contributed by atoms with Gasteiger partial charge in [0.15, 0.2) is 0 Å². The van der Waals surface area contributed by atoms with Crippen molar-refractivity contribution >= 4 is 97.2 Å². The average molecular weight is 685 g/mol. The molecular formula is C14H14I3N3O5. The topological polar surface area (TPSA) is 130 Å². The van der Waals surface area contributed by atoms with E-state index in [4.69, 9.17) is 10.8 Å². The van der Waals surface area contributed by atoms with Crippen LogP contribution in [-0.4, -0.2) is 46.8 Å². The van der Waals surface area contributed by atoms with Crippen molar-refractivity contribution in [1.29, 1.82) is 0 Å². The second-order valence-corrected chi connectivity index (χ2v) is 8.28. The zero-order chi connectivity index (χ0) is 19.6. The molecule has 136 valence electrons. The maximum atomic E-state index is 12.8. The Morgan fingerprint density at radius 3 is 1.96 bits per heavy atom. The van der Waals surface area contributed by atoms with Crippen molar-refractivity contribution in [2.24, 2.45) is 5.73 Å². The Hall–Kier alpha value is -0.710. The molecule has 0 fully saturated rings. The number of nitrogens with two attached hydrogens (primary N) is 1. The lowest BCUT2D eigenvalue weighted by atomic mass is 10.1. The van der Waals surface area contributed by atoms with Gasteiger partial charge in [-0.1, -0.05) is 0 Å². The van der Waals surface area contributed by atoms with Gasteiger partial charge in [-0.25, -0.2) is 4.79 Å². The molecule has 0 saturated heterocycles. The van der Waals surface area contributed by atoms with E-state index in [0.717, 1.165) is 4.90 Å². The molecule has 1 aromatic rings. The van der Waals surface area contributed by atoms with Gasteiger partial charge in [0, 0.05) is 17.5 Å². The summed E-state index contributed by atoms with van der Waals surface area (Å²) in [6.07, 6.45) is 0. The van der Waals surface area contributed by atoms with E-state index in [0.29, 0.717) is 16.4 Å². The van der Waals surface area contributed by atoms with Crippen LogP contribution in [-0.2, 0) is 9.59 Å². The first-order chi connectivity index (χ1) is 11.4. The molecule has 4 N–H and O–H groups in total. The minimum absolute atomic E-state index is 0.102. The SMILES string of the molecule is CC(=O)Nc1c(I)c(C(N)=O)c(I)c(C(=O)N(C)[C@@H](C)C(=O)O)c1I. The summed E-state index contributed by atoms with van der Waals surface area (Å²) in [5, 5.41) is 11.7. The van der Waals surface area contributed by atoms with Crippen LogP contribution >= 0.6 is 67.8 Å². The Balaban J connectivity index is 3.72. The van der Waals surface area contributed by atoms with Crippen molar-refractivity contribution < 1.29 is 24.3 Å². The second-order valence-electron chi connectivity index (χ2n) is 5.04. The van der Waals surface area contributed by atoms with Crippen LogP contribution in [0.4, 0.5) is 5.69 Å². The van der Waals surface area contributed by atoms with E-state index < -0.39 is 23.8 Å². The molecule has 8 nitrogen and oxygen atoms in total. The number of primary amides is 1. The van der Waals surface area contributed by atoms with Gasteiger partial charge in [-0.15, -0.1) is 0 Å². The highest BCUT2D eigenvalue weighted by Gasteiger charge is 2.31. The fourth-order valence-electron chi connectivity index (χ4n) is 1.87. The molecule has 1 rings (SSSR count). The molecule has 0 aromatic heterocycles. The maximum Gasteiger partial charge on any atom is 0.326 e. The molecule has 0 saturated carbocycles. The first-order valence-electron chi connectivity index (χ1n) is 6.69. The molecule has 0 aliphatic heterocycles. The molecule has 0 bridgehead atoms. The number of nitrogens with one attached hydrogen (secondary N) is 1. The standard InChI is InChI=1S/C14H14I3N3O5/c1-4(14(24)25)20(3)13(23)7-8(15)6(12(18)22)9(16)11(10(7)17)19-5(2)21/h4H,1-3H3,(H2,18,22)(H,19,21)(H,24,25)/t4-/m0/s1. The Labute approximate surface area is 184 Å². The molecule has 1 aromatic carbocycles. The zero-order valence-corrected chi connectivity index (χ0v) is 19.8. The predicted octanol–water partition coefficient (Wildman–Crippen LogP) is 2.10. The Bertz CT molecular complexity index is 782. The van der Waals surface area contributed by atoms with Crippen LogP contribution in [0.2, 0.25) is 0 Å². The summed E-state index contributed by atoms with van der Waals surface area (Å²) in [6.45, 7) is 2.67. The van der Waals surface area contributed by atoms with Crippen LogP contribution in [0.3, 0.4) is 0 Å². The molecule has 1 atom stereocenters. The van der Waals surface area contributed by atoms with Gasteiger partial charge in [0.2, 0.25) is 5.91 Å². The number of amides is 3. The van der Waals surface area contributed by atoms with Crippen molar-refractivity contribution in [3.05, 3.63) is 21.8 Å². The summed E-state index contributed by atoms with van der Waals surface area (Å²) < 4.78 is 1.13. The largest absolute Gasteiger partial charge is 0.480 e. The molecule has 0 aliphatic rings. The smallest absolute Gasteiger partial charge is 0.326 e. The van der Waals surface area contributed by atoms with Crippen LogP contribution in [0.15, 0.2) is 0 Å². The number of carboxylic acids is 1. The summed E-state index contributed by atoms with van der Waals surface area (Å²) in [6, 6.07) is -1.07. The summed E-state index contributed by atoms with van der Waals surface area (Å²) in [5.41, 5.74) is 5.95. The summed E-state index contributed by atoms with van der Waals surface area (Å²) >= 11 is 5.59. The fourth-order valence-corrected chi connectivity index (χ4v) is 6.30. The number of carbonyl (C=O) groups is 4. The molecule has 0 aliphatic carbocycles. The van der Waals surface area contributed by atoms with Gasteiger partial charge >= 0.3 is 5.97 Å². The van der Waals surface area contributed by atoms with Gasteiger partial charge in [-0.05, 0) is 74.7 Å². The molecule has 0 spiro atoms. The highest BCUT2D eigenvalue weighted by molar-refractivity contribution is 14.1. The van der Waals surface area contributed by atoms with E-state index in [2.05, 4.69) is 5.32 Å². The highest BCUT2D eigenvalue weighted by atomic mass is 127. The van der Waals surface area contributed by atoms with E-state index in [1.807, 2.05) is 67.8 Å². The molecule has 0 unspecified atom stereocenters. The zero-order valence-electron chi connectivity index (χ0n) is 13.3. The van der Waals surface area contributed by atoms with Gasteiger partial charge in [-0.2, -0.15) is 0 Å². The lowest BCUT2D eigenvalue weighted by Gasteiger charge is -2.24. The fraction of sp³-hybridized carbons (Fsp3) is 0.286. The number of aliphatic carboxylic acids is 1. The van der Waals surface area contributed by atoms with Crippen molar-refractivity contribution in [3.63, 3.8) is 0 Å². The Morgan fingerprint density at radius 1 is 1.08 bits per heavy atom.